The van der Waals surface area contributed by atoms with E-state index in [9.17, 15) is 24.9 Å². The predicted molar refractivity (Wildman–Crippen MR) is 192 cm³/mol. The van der Waals surface area contributed by atoms with Crippen LogP contribution in [0.1, 0.15) is 71.2 Å². The van der Waals surface area contributed by atoms with Gasteiger partial charge in [-0.25, -0.2) is 0 Å². The van der Waals surface area contributed by atoms with Gasteiger partial charge in [0.2, 0.25) is 6.79 Å². The Morgan fingerprint density at radius 2 is 1.80 bits per heavy atom. The summed E-state index contributed by atoms with van der Waals surface area (Å²) in [7, 11) is 0. The number of benzene rings is 3. The van der Waals surface area contributed by atoms with Crippen LogP contribution < -0.4 is 29.6 Å². The molecule has 1 aliphatic carbocycles. The number of hydrogen-bond donors (Lipinski definition) is 5. The molecule has 4 aliphatic heterocycles. The summed E-state index contributed by atoms with van der Waals surface area (Å²) in [5, 5.41) is 41.5. The molecule has 4 heterocycles. The van der Waals surface area contributed by atoms with Crippen LogP contribution in [0.4, 0.5) is 0 Å². The molecule has 6 N–H and O–H groups in total. The minimum absolute atomic E-state index is 0.0190. The molecular formula is C40H45NO15. The molecular weight excluding hydrogens is 734 g/mol. The van der Waals surface area contributed by atoms with Gasteiger partial charge < -0.3 is 64.2 Å². The van der Waals surface area contributed by atoms with Gasteiger partial charge in [-0.3, -0.25) is 9.59 Å². The topological polar surface area (TPSA) is 224 Å². The van der Waals surface area contributed by atoms with Gasteiger partial charge in [-0.05, 0) is 60.6 Å². The maximum absolute atomic E-state index is 11.9. The molecule has 0 radical (unpaired) electrons. The molecule has 16 heteroatoms. The van der Waals surface area contributed by atoms with Crippen LogP contribution in [0.15, 0.2) is 30.3 Å². The van der Waals surface area contributed by atoms with Gasteiger partial charge in [0.05, 0.1) is 19.1 Å². The van der Waals surface area contributed by atoms with E-state index in [2.05, 4.69) is 13.8 Å². The van der Waals surface area contributed by atoms with E-state index in [-0.39, 0.29) is 31.6 Å². The number of esters is 1. The van der Waals surface area contributed by atoms with Gasteiger partial charge in [0, 0.05) is 40.8 Å². The van der Waals surface area contributed by atoms with Crippen molar-refractivity contribution in [1.29, 1.82) is 0 Å². The molecule has 3 aromatic carbocycles. The molecule has 0 spiro atoms. The number of aryl methyl sites for hydroxylation is 1. The lowest BCUT2D eigenvalue weighted by Gasteiger charge is -2.41. The van der Waals surface area contributed by atoms with Crippen molar-refractivity contribution in [2.45, 2.75) is 88.7 Å². The molecule has 3 aromatic rings. The summed E-state index contributed by atoms with van der Waals surface area (Å²) >= 11 is 0. The fraction of sp³-hybridized carbons (Fsp3) is 0.500. The van der Waals surface area contributed by atoms with Crippen LogP contribution in [0.2, 0.25) is 0 Å². The Hall–Kier alpha value is -4.84. The van der Waals surface area contributed by atoms with Gasteiger partial charge >= 0.3 is 11.9 Å². The Balaban J connectivity index is 1.13. The molecule has 0 bridgehead atoms. The first kappa shape index (κ1) is 38.1. The highest BCUT2D eigenvalue weighted by Gasteiger charge is 2.49. The standard InChI is InChI=1S/C40H45NO15/c1-18(2)9-25-36-24(12-29-38(25)52-17-51-29)27-15-50-35-23-11-20-3-5-21(42)10-19(20)4-6-22(23)28(13-26(35)37(27)54-36)55-56-39-34(47)33(46)30(53-40(39)48-8-7-41)16-49-32(45)14-31(43)44/h3,5,10,12-13,18,27,30,33-34,37,39-40,42,46-47H,4,6-9,11,14-17,41H2,1-2H3,(H,43,44)/t27-,30+,33+,34-,37+,39-,40+/m0/s1. The first-order valence-corrected chi connectivity index (χ1v) is 18.8. The number of aromatic hydroxyl groups is 1. The number of ether oxygens (including phenoxy) is 7. The zero-order valence-electron chi connectivity index (χ0n) is 30.9. The number of aliphatic hydroxyl groups excluding tert-OH is 2. The lowest BCUT2D eigenvalue weighted by Crippen LogP contribution is -2.60. The monoisotopic (exact) mass is 779 g/mol. The maximum atomic E-state index is 11.9. The van der Waals surface area contributed by atoms with E-state index >= 15 is 0 Å². The summed E-state index contributed by atoms with van der Waals surface area (Å²) in [6.07, 6.45) is -6.45. The Labute approximate surface area is 321 Å². The molecule has 300 valence electrons. The largest absolute Gasteiger partial charge is 0.508 e. The summed E-state index contributed by atoms with van der Waals surface area (Å²) < 4.78 is 41.9. The third-order valence-electron chi connectivity index (χ3n) is 10.8. The van der Waals surface area contributed by atoms with Gasteiger partial charge in [-0.2, -0.15) is 4.89 Å². The summed E-state index contributed by atoms with van der Waals surface area (Å²) in [6.45, 7) is 4.27. The molecule has 16 nitrogen and oxygen atoms in total. The van der Waals surface area contributed by atoms with E-state index in [4.69, 9.17) is 53.8 Å². The Morgan fingerprint density at radius 1 is 0.964 bits per heavy atom. The molecule has 5 aliphatic rings. The lowest BCUT2D eigenvalue weighted by atomic mass is 9.85. The van der Waals surface area contributed by atoms with Crippen molar-refractivity contribution < 1.29 is 72.9 Å². The average molecular weight is 780 g/mol. The van der Waals surface area contributed by atoms with E-state index in [1.165, 1.54) is 0 Å². The van der Waals surface area contributed by atoms with E-state index in [0.29, 0.717) is 61.2 Å². The fourth-order valence-corrected chi connectivity index (χ4v) is 8.19. The highest BCUT2D eigenvalue weighted by atomic mass is 17.2. The number of carbonyl (C=O) groups is 2. The third kappa shape index (κ3) is 7.16. The third-order valence-corrected chi connectivity index (χ3v) is 10.8. The number of aliphatic hydroxyl groups is 2. The van der Waals surface area contributed by atoms with Crippen molar-refractivity contribution >= 4 is 11.9 Å². The molecule has 0 unspecified atom stereocenters. The predicted octanol–water partition coefficient (Wildman–Crippen LogP) is 2.74. The van der Waals surface area contributed by atoms with Crippen molar-refractivity contribution in [2.75, 3.05) is 33.2 Å². The first-order valence-electron chi connectivity index (χ1n) is 18.8. The molecule has 1 fully saturated rings. The number of aliphatic carboxylic acids is 1. The zero-order valence-corrected chi connectivity index (χ0v) is 30.9. The maximum Gasteiger partial charge on any atom is 0.317 e. The molecule has 1 saturated heterocycles. The van der Waals surface area contributed by atoms with Crippen LogP contribution in [0.5, 0.6) is 34.5 Å². The molecule has 0 aromatic heterocycles. The number of phenolic OH excluding ortho intramolecular Hbond substituents is 1. The van der Waals surface area contributed by atoms with Gasteiger partial charge in [0.1, 0.15) is 54.7 Å². The van der Waals surface area contributed by atoms with Gasteiger partial charge in [0.25, 0.3) is 0 Å². The van der Waals surface area contributed by atoms with Gasteiger partial charge in [-0.1, -0.05) is 19.9 Å². The summed E-state index contributed by atoms with van der Waals surface area (Å²) in [5.74, 6) is 0.984. The second kappa shape index (κ2) is 15.6. The number of fused-ring (bicyclic) bond motifs is 9. The minimum atomic E-state index is -1.66. The van der Waals surface area contributed by atoms with Crippen LogP contribution in [-0.2, 0) is 54.4 Å². The fourth-order valence-electron chi connectivity index (χ4n) is 8.19. The number of nitrogens with two attached hydrogens (primary N) is 1. The Kier molecular flexibility index (Phi) is 10.6. The van der Waals surface area contributed by atoms with Crippen molar-refractivity contribution in [3.8, 4) is 34.5 Å². The lowest BCUT2D eigenvalue weighted by molar-refractivity contribution is -0.372. The Bertz CT molecular complexity index is 2000. The first-order chi connectivity index (χ1) is 27.0. The highest BCUT2D eigenvalue weighted by Crippen LogP contribution is 2.58. The summed E-state index contributed by atoms with van der Waals surface area (Å²) in [4.78, 5) is 34.9. The van der Waals surface area contributed by atoms with Crippen molar-refractivity contribution in [1.82, 2.24) is 0 Å². The van der Waals surface area contributed by atoms with Gasteiger partial charge in [-0.15, -0.1) is 0 Å². The summed E-state index contributed by atoms with van der Waals surface area (Å²) in [5.41, 5.74) is 12.0. The van der Waals surface area contributed by atoms with Crippen molar-refractivity contribution in [3.05, 3.63) is 69.3 Å². The van der Waals surface area contributed by atoms with Crippen molar-refractivity contribution in [2.24, 2.45) is 11.7 Å². The SMILES string of the molecule is CC(C)Cc1c2c(cc3c1O[C@@H]1c4cc(OO[C@@H]5[C@H](OCCN)O[C@H](COC(=O)CC(=O)O)[C@@H](O)[C@@H]5O)c5c(c4OC[C@@H]31)Cc1ccc(O)cc1CC5)OCO2. The van der Waals surface area contributed by atoms with Crippen LogP contribution in [0, 0.1) is 5.92 Å². The normalized spacial score (nSPS) is 25.4. The van der Waals surface area contributed by atoms with Crippen LogP contribution in [-0.4, -0.2) is 96.2 Å². The molecule has 8 rings (SSSR count). The molecule has 56 heavy (non-hydrogen) atoms. The van der Waals surface area contributed by atoms with Crippen molar-refractivity contribution in [3.63, 3.8) is 0 Å². The molecule has 0 amide bonds. The second-order valence-corrected chi connectivity index (χ2v) is 15.0. The van der Waals surface area contributed by atoms with Crippen LogP contribution in [0.25, 0.3) is 0 Å². The summed E-state index contributed by atoms with van der Waals surface area (Å²) in [6, 6.07) is 9.11. The van der Waals surface area contributed by atoms with Gasteiger partial charge in [0.15, 0.2) is 29.6 Å². The van der Waals surface area contributed by atoms with E-state index in [0.717, 1.165) is 44.7 Å². The molecule has 0 saturated carbocycles. The highest BCUT2D eigenvalue weighted by molar-refractivity contribution is 5.90. The Morgan fingerprint density at radius 3 is 2.59 bits per heavy atom. The molecule has 7 atom stereocenters. The minimum Gasteiger partial charge on any atom is -0.508 e. The number of rotatable bonds is 12. The number of hydrogen-bond acceptors (Lipinski definition) is 15. The van der Waals surface area contributed by atoms with Crippen LogP contribution >= 0.6 is 0 Å². The smallest absolute Gasteiger partial charge is 0.317 e. The number of phenols is 1. The quantitative estimate of drug-likeness (QED) is 0.0771. The number of carboxylic acids is 1. The second-order valence-electron chi connectivity index (χ2n) is 15.0. The van der Waals surface area contributed by atoms with E-state index in [1.807, 2.05) is 18.2 Å². The van der Waals surface area contributed by atoms with E-state index in [1.54, 1.807) is 12.1 Å². The average Bonchev–Trinajstić information content (AvgIpc) is 3.74. The van der Waals surface area contributed by atoms with E-state index < -0.39 is 61.8 Å². The number of carbonyl (C=O) groups excluding carboxylic acids is 1. The zero-order chi connectivity index (χ0) is 39.2. The van der Waals surface area contributed by atoms with Crippen LogP contribution in [0.3, 0.4) is 0 Å². The number of carboxylic acid groups (broad SMARTS) is 1.